The second kappa shape index (κ2) is 4.71. The lowest BCUT2D eigenvalue weighted by molar-refractivity contribution is 0.101. The number of rotatable bonds is 2. The predicted molar refractivity (Wildman–Crippen MR) is 70.0 cm³/mol. The lowest BCUT2D eigenvalue weighted by atomic mass is 10.4. The van der Waals surface area contributed by atoms with Crippen LogP contribution in [-0.4, -0.2) is 15.5 Å². The molecule has 0 aliphatic rings. The minimum Gasteiger partial charge on any atom is -0.344 e. The fourth-order valence-corrected chi connectivity index (χ4v) is 1.84. The van der Waals surface area contributed by atoms with Gasteiger partial charge in [-0.15, -0.1) is 0 Å². The molecule has 0 radical (unpaired) electrons. The second-order valence-electron chi connectivity index (χ2n) is 3.71. The number of amides is 1. The molecule has 0 saturated heterocycles. The Labute approximate surface area is 108 Å². The van der Waals surface area contributed by atoms with Crippen LogP contribution in [0.5, 0.6) is 0 Å². The van der Waals surface area contributed by atoms with Crippen molar-refractivity contribution in [2.24, 2.45) is 7.05 Å². The maximum atomic E-state index is 12.0. The van der Waals surface area contributed by atoms with Gasteiger partial charge in [-0.3, -0.25) is 4.79 Å². The molecule has 0 atom stereocenters. The number of nitrogens with zero attached hydrogens (tertiary/aromatic N) is 2. The third-order valence-electron chi connectivity index (χ3n) is 2.60. The van der Waals surface area contributed by atoms with Crippen LogP contribution in [0.4, 0.5) is 5.82 Å². The number of hydrogen-bond donors (Lipinski definition) is 1. The third kappa shape index (κ3) is 2.39. The fourth-order valence-electron chi connectivity index (χ4n) is 1.49. The van der Waals surface area contributed by atoms with E-state index in [0.717, 1.165) is 10.2 Å². The number of carbonyl (C=O) groups is 1. The van der Waals surface area contributed by atoms with Gasteiger partial charge in [-0.05, 0) is 47.1 Å². The van der Waals surface area contributed by atoms with Gasteiger partial charge in [-0.2, -0.15) is 0 Å². The van der Waals surface area contributed by atoms with E-state index >= 15 is 0 Å². The Bertz CT molecular complexity index is 563. The van der Waals surface area contributed by atoms with Gasteiger partial charge < -0.3 is 9.88 Å². The van der Waals surface area contributed by atoms with E-state index in [2.05, 4.69) is 26.2 Å². The van der Waals surface area contributed by atoms with Crippen LogP contribution in [0.2, 0.25) is 0 Å². The standard InChI is InChI=1S/C12H12BrN3O/c1-8-5-6-10(16(8)2)12(17)15-11-9(13)4-3-7-14-11/h3-7H,1-2H3,(H,14,15,17). The average Bonchev–Trinajstić information content (AvgIpc) is 2.63. The topological polar surface area (TPSA) is 46.9 Å². The van der Waals surface area contributed by atoms with E-state index in [-0.39, 0.29) is 5.91 Å². The highest BCUT2D eigenvalue weighted by Gasteiger charge is 2.12. The molecule has 1 amide bonds. The summed E-state index contributed by atoms with van der Waals surface area (Å²) in [5.74, 6) is 0.358. The van der Waals surface area contributed by atoms with E-state index in [0.29, 0.717) is 11.5 Å². The van der Waals surface area contributed by atoms with Crippen molar-refractivity contribution in [3.8, 4) is 0 Å². The molecule has 0 saturated carbocycles. The van der Waals surface area contributed by atoms with E-state index in [1.807, 2.05) is 30.7 Å². The van der Waals surface area contributed by atoms with Crippen LogP contribution in [0.1, 0.15) is 16.2 Å². The number of carbonyl (C=O) groups excluding carboxylic acids is 1. The second-order valence-corrected chi connectivity index (χ2v) is 4.56. The van der Waals surface area contributed by atoms with Gasteiger partial charge in [0.05, 0.1) is 4.47 Å². The van der Waals surface area contributed by atoms with Crippen molar-refractivity contribution in [3.05, 3.63) is 46.3 Å². The maximum Gasteiger partial charge on any atom is 0.273 e. The first-order chi connectivity index (χ1) is 8.09. The van der Waals surface area contributed by atoms with Gasteiger partial charge in [0.1, 0.15) is 11.5 Å². The molecule has 0 bridgehead atoms. The van der Waals surface area contributed by atoms with Gasteiger partial charge in [0.15, 0.2) is 0 Å². The molecular weight excluding hydrogens is 282 g/mol. The van der Waals surface area contributed by atoms with Crippen LogP contribution in [-0.2, 0) is 7.05 Å². The van der Waals surface area contributed by atoms with Crippen molar-refractivity contribution in [2.75, 3.05) is 5.32 Å². The van der Waals surface area contributed by atoms with E-state index in [1.54, 1.807) is 18.3 Å². The van der Waals surface area contributed by atoms with E-state index < -0.39 is 0 Å². The molecule has 0 unspecified atom stereocenters. The average molecular weight is 294 g/mol. The Morgan fingerprint density at radius 2 is 2.18 bits per heavy atom. The number of hydrogen-bond acceptors (Lipinski definition) is 2. The van der Waals surface area contributed by atoms with E-state index in [4.69, 9.17) is 0 Å². The monoisotopic (exact) mass is 293 g/mol. The molecule has 4 nitrogen and oxygen atoms in total. The van der Waals surface area contributed by atoms with Crippen LogP contribution in [0.3, 0.4) is 0 Å². The molecule has 1 N–H and O–H groups in total. The molecular formula is C12H12BrN3O. The highest BCUT2D eigenvalue weighted by atomic mass is 79.9. The van der Waals surface area contributed by atoms with Gasteiger partial charge >= 0.3 is 0 Å². The van der Waals surface area contributed by atoms with Crippen LogP contribution < -0.4 is 5.32 Å². The number of halogens is 1. The Morgan fingerprint density at radius 3 is 2.76 bits per heavy atom. The summed E-state index contributed by atoms with van der Waals surface area (Å²) in [6.45, 7) is 1.95. The Kier molecular flexibility index (Phi) is 3.28. The first kappa shape index (κ1) is 11.9. The smallest absolute Gasteiger partial charge is 0.273 e. The SMILES string of the molecule is Cc1ccc(C(=O)Nc2ncccc2Br)n1C. The molecule has 5 heteroatoms. The first-order valence-electron chi connectivity index (χ1n) is 5.14. The minimum atomic E-state index is -0.167. The molecule has 2 aromatic rings. The zero-order chi connectivity index (χ0) is 12.4. The molecule has 0 aliphatic heterocycles. The van der Waals surface area contributed by atoms with Crippen LogP contribution in [0, 0.1) is 6.92 Å². The number of aryl methyl sites for hydroxylation is 1. The highest BCUT2D eigenvalue weighted by Crippen LogP contribution is 2.19. The first-order valence-corrected chi connectivity index (χ1v) is 5.93. The van der Waals surface area contributed by atoms with Crippen molar-refractivity contribution >= 4 is 27.7 Å². The Balaban J connectivity index is 2.23. The number of nitrogens with one attached hydrogen (secondary N) is 1. The number of aromatic nitrogens is 2. The van der Waals surface area contributed by atoms with Crippen molar-refractivity contribution in [1.29, 1.82) is 0 Å². The molecule has 17 heavy (non-hydrogen) atoms. The van der Waals surface area contributed by atoms with E-state index in [9.17, 15) is 4.79 Å². The van der Waals surface area contributed by atoms with Gasteiger partial charge in [0.25, 0.3) is 5.91 Å². The van der Waals surface area contributed by atoms with Gasteiger partial charge in [-0.1, -0.05) is 0 Å². The lowest BCUT2D eigenvalue weighted by Crippen LogP contribution is -2.17. The molecule has 88 valence electrons. The summed E-state index contributed by atoms with van der Waals surface area (Å²) in [5.41, 5.74) is 1.65. The quantitative estimate of drug-likeness (QED) is 0.925. The van der Waals surface area contributed by atoms with Crippen molar-refractivity contribution < 1.29 is 4.79 Å². The Hall–Kier alpha value is -1.62. The van der Waals surface area contributed by atoms with Crippen molar-refractivity contribution in [1.82, 2.24) is 9.55 Å². The zero-order valence-corrected chi connectivity index (χ0v) is 11.2. The summed E-state index contributed by atoms with van der Waals surface area (Å²) in [7, 11) is 1.86. The minimum absolute atomic E-state index is 0.167. The van der Waals surface area contributed by atoms with Crippen LogP contribution >= 0.6 is 15.9 Å². The zero-order valence-electron chi connectivity index (χ0n) is 9.57. The summed E-state index contributed by atoms with van der Waals surface area (Å²) < 4.78 is 2.60. The highest BCUT2D eigenvalue weighted by molar-refractivity contribution is 9.10. The van der Waals surface area contributed by atoms with Gasteiger partial charge in [0.2, 0.25) is 0 Å². The summed E-state index contributed by atoms with van der Waals surface area (Å²) >= 11 is 3.34. The molecule has 2 heterocycles. The number of anilines is 1. The molecule has 0 spiro atoms. The fraction of sp³-hybridized carbons (Fsp3) is 0.167. The van der Waals surface area contributed by atoms with Gasteiger partial charge in [-0.25, -0.2) is 4.98 Å². The maximum absolute atomic E-state index is 12.0. The largest absolute Gasteiger partial charge is 0.344 e. The van der Waals surface area contributed by atoms with Gasteiger partial charge in [0, 0.05) is 18.9 Å². The van der Waals surface area contributed by atoms with Crippen molar-refractivity contribution in [2.45, 2.75) is 6.92 Å². The van der Waals surface area contributed by atoms with Crippen molar-refractivity contribution in [3.63, 3.8) is 0 Å². The lowest BCUT2D eigenvalue weighted by Gasteiger charge is -2.07. The number of pyridine rings is 1. The predicted octanol–water partition coefficient (Wildman–Crippen LogP) is 2.74. The Morgan fingerprint density at radius 1 is 1.41 bits per heavy atom. The molecule has 2 aromatic heterocycles. The van der Waals surface area contributed by atoms with E-state index in [1.165, 1.54) is 0 Å². The summed E-state index contributed by atoms with van der Waals surface area (Å²) in [6.07, 6.45) is 1.64. The van der Waals surface area contributed by atoms with Crippen LogP contribution in [0.15, 0.2) is 34.9 Å². The summed E-state index contributed by atoms with van der Waals surface area (Å²) in [5, 5.41) is 2.76. The molecule has 2 rings (SSSR count). The van der Waals surface area contributed by atoms with Crippen LogP contribution in [0.25, 0.3) is 0 Å². The summed E-state index contributed by atoms with van der Waals surface area (Å²) in [4.78, 5) is 16.1. The molecule has 0 aromatic carbocycles. The third-order valence-corrected chi connectivity index (χ3v) is 3.24. The summed E-state index contributed by atoms with van der Waals surface area (Å²) in [6, 6.07) is 7.33. The molecule has 0 aliphatic carbocycles. The molecule has 0 fully saturated rings. The normalized spacial score (nSPS) is 10.3.